The van der Waals surface area contributed by atoms with Crippen LogP contribution in [0.25, 0.3) is 0 Å². The van der Waals surface area contributed by atoms with E-state index in [1.54, 1.807) is 50.2 Å². The third-order valence-corrected chi connectivity index (χ3v) is 5.42. The first-order valence-corrected chi connectivity index (χ1v) is 10.9. The third kappa shape index (κ3) is 5.63. The van der Waals surface area contributed by atoms with Gasteiger partial charge in [-0.15, -0.1) is 0 Å². The molecule has 1 atom stereocenters. The summed E-state index contributed by atoms with van der Waals surface area (Å²) in [5, 5.41) is 13.1. The second kappa shape index (κ2) is 11.0. The monoisotopic (exact) mass is 501 g/mol. The fourth-order valence-electron chi connectivity index (χ4n) is 3.40. The molecule has 0 fully saturated rings. The molecule has 0 aliphatic carbocycles. The summed E-state index contributed by atoms with van der Waals surface area (Å²) in [5.74, 6) is -1.38. The Morgan fingerprint density at radius 2 is 2.00 bits per heavy atom. The van der Waals surface area contributed by atoms with Gasteiger partial charge in [0, 0.05) is 5.02 Å². The maximum absolute atomic E-state index is 12.6. The molecule has 0 saturated heterocycles. The number of benzene rings is 2. The predicted octanol–water partition coefficient (Wildman–Crippen LogP) is 4.66. The molecule has 1 heterocycles. The van der Waals surface area contributed by atoms with Gasteiger partial charge < -0.3 is 25.3 Å². The Kier molecular flexibility index (Phi) is 8.05. The Balaban J connectivity index is 1.82. The zero-order chi connectivity index (χ0) is 24.8. The van der Waals surface area contributed by atoms with E-state index in [1.165, 1.54) is 6.07 Å². The molecule has 0 bridgehead atoms. The van der Waals surface area contributed by atoms with Gasteiger partial charge in [-0.2, -0.15) is 5.26 Å². The first-order chi connectivity index (χ1) is 16.2. The Morgan fingerprint density at radius 3 is 2.68 bits per heavy atom. The number of nitrogens with two attached hydrogens (primary N) is 1. The van der Waals surface area contributed by atoms with Crippen LogP contribution in [0, 0.1) is 11.3 Å². The molecule has 0 spiro atoms. The van der Waals surface area contributed by atoms with Crippen LogP contribution < -0.4 is 15.8 Å². The van der Waals surface area contributed by atoms with Crippen molar-refractivity contribution >= 4 is 40.8 Å². The van der Waals surface area contributed by atoms with Crippen molar-refractivity contribution in [2.45, 2.75) is 19.8 Å². The van der Waals surface area contributed by atoms with Crippen molar-refractivity contribution in [3.05, 3.63) is 80.9 Å². The number of carbonyl (C=O) groups is 2. The van der Waals surface area contributed by atoms with Crippen LogP contribution in [0.4, 0.5) is 5.69 Å². The molecule has 0 radical (unpaired) electrons. The van der Waals surface area contributed by atoms with Gasteiger partial charge in [0.1, 0.15) is 23.2 Å². The minimum Gasteiger partial charge on any atom is -0.484 e. The highest BCUT2D eigenvalue weighted by Crippen LogP contribution is 2.40. The van der Waals surface area contributed by atoms with E-state index in [0.717, 1.165) is 0 Å². The van der Waals surface area contributed by atoms with Gasteiger partial charge in [0.15, 0.2) is 6.61 Å². The highest BCUT2D eigenvalue weighted by molar-refractivity contribution is 6.36. The van der Waals surface area contributed by atoms with Gasteiger partial charge in [-0.25, -0.2) is 4.79 Å². The summed E-state index contributed by atoms with van der Waals surface area (Å²) in [6.45, 7) is 3.10. The van der Waals surface area contributed by atoms with Crippen LogP contribution in [0.3, 0.4) is 0 Å². The number of allylic oxidation sites excluding steroid dienone is 2. The summed E-state index contributed by atoms with van der Waals surface area (Å²) in [6, 6.07) is 13.4. The molecule has 0 saturated carbocycles. The van der Waals surface area contributed by atoms with Gasteiger partial charge in [-0.1, -0.05) is 35.3 Å². The molecule has 0 aromatic heterocycles. The van der Waals surface area contributed by atoms with Crippen molar-refractivity contribution in [1.82, 2.24) is 0 Å². The number of nitrogens with one attached hydrogen (secondary N) is 1. The van der Waals surface area contributed by atoms with Crippen LogP contribution in [0.1, 0.15) is 25.3 Å². The highest BCUT2D eigenvalue weighted by Gasteiger charge is 2.36. The molecule has 1 aliphatic rings. The van der Waals surface area contributed by atoms with Gasteiger partial charge in [0.05, 0.1) is 28.8 Å². The molecule has 2 aromatic rings. The van der Waals surface area contributed by atoms with Crippen LogP contribution >= 0.6 is 23.2 Å². The fourth-order valence-corrected chi connectivity index (χ4v) is 3.85. The predicted molar refractivity (Wildman–Crippen MR) is 127 cm³/mol. The topological polar surface area (TPSA) is 124 Å². The number of hydrogen-bond donors (Lipinski definition) is 2. The maximum Gasteiger partial charge on any atom is 0.338 e. The van der Waals surface area contributed by atoms with Crippen molar-refractivity contribution in [2.24, 2.45) is 5.73 Å². The number of ether oxygens (including phenoxy) is 3. The van der Waals surface area contributed by atoms with E-state index in [2.05, 4.69) is 5.32 Å². The number of anilines is 1. The van der Waals surface area contributed by atoms with Crippen molar-refractivity contribution in [3.63, 3.8) is 0 Å². The van der Waals surface area contributed by atoms with Gasteiger partial charge in [-0.3, -0.25) is 4.79 Å². The number of esters is 1. The van der Waals surface area contributed by atoms with Gasteiger partial charge in [-0.05, 0) is 49.7 Å². The van der Waals surface area contributed by atoms with E-state index in [-0.39, 0.29) is 36.0 Å². The molecule has 176 valence electrons. The average molecular weight is 502 g/mol. The van der Waals surface area contributed by atoms with E-state index in [4.69, 9.17) is 43.1 Å². The lowest BCUT2D eigenvalue weighted by atomic mass is 9.83. The first-order valence-electron chi connectivity index (χ1n) is 10.2. The van der Waals surface area contributed by atoms with E-state index in [1.807, 2.05) is 6.07 Å². The molecule has 1 amide bonds. The normalized spacial score (nSPS) is 15.3. The molecule has 1 unspecified atom stereocenters. The summed E-state index contributed by atoms with van der Waals surface area (Å²) >= 11 is 11.9. The Labute approximate surface area is 206 Å². The molecular formula is C24H21Cl2N3O5. The van der Waals surface area contributed by atoms with Crippen LogP contribution in [0.2, 0.25) is 10.0 Å². The fraction of sp³-hybridized carbons (Fsp3) is 0.208. The SMILES string of the molecule is CCOC(=O)C1=C(C)OC(N)=C(C#N)C1c1cccc(OCC(=O)Nc2ccc(Cl)cc2Cl)c1. The molecule has 2 aromatic carbocycles. The highest BCUT2D eigenvalue weighted by atomic mass is 35.5. The van der Waals surface area contributed by atoms with Crippen molar-refractivity contribution in [1.29, 1.82) is 5.26 Å². The van der Waals surface area contributed by atoms with Crippen LogP contribution in [-0.4, -0.2) is 25.1 Å². The van der Waals surface area contributed by atoms with Crippen molar-refractivity contribution < 1.29 is 23.8 Å². The first kappa shape index (κ1) is 25.0. The molecule has 1 aliphatic heterocycles. The van der Waals surface area contributed by atoms with Gasteiger partial charge in [0.25, 0.3) is 5.91 Å². The molecule has 10 heteroatoms. The second-order valence-corrected chi connectivity index (χ2v) is 7.99. The number of nitrogens with zero attached hydrogens (tertiary/aromatic N) is 1. The summed E-state index contributed by atoms with van der Waals surface area (Å²) in [7, 11) is 0. The third-order valence-electron chi connectivity index (χ3n) is 4.87. The van der Waals surface area contributed by atoms with Gasteiger partial charge >= 0.3 is 5.97 Å². The minimum atomic E-state index is -0.817. The summed E-state index contributed by atoms with van der Waals surface area (Å²) in [5.41, 5.74) is 7.10. The molecule has 8 nitrogen and oxygen atoms in total. The molecule has 3 rings (SSSR count). The summed E-state index contributed by atoms with van der Waals surface area (Å²) in [6.07, 6.45) is 0. The smallest absolute Gasteiger partial charge is 0.338 e. The van der Waals surface area contributed by atoms with Crippen LogP contribution in [0.5, 0.6) is 5.75 Å². The number of carbonyl (C=O) groups excluding carboxylic acids is 2. The van der Waals surface area contributed by atoms with E-state index < -0.39 is 17.8 Å². The summed E-state index contributed by atoms with van der Waals surface area (Å²) in [4.78, 5) is 25.0. The average Bonchev–Trinajstić information content (AvgIpc) is 2.79. The van der Waals surface area contributed by atoms with Crippen LogP contribution in [0.15, 0.2) is 65.3 Å². The zero-order valence-electron chi connectivity index (χ0n) is 18.4. The lowest BCUT2D eigenvalue weighted by Crippen LogP contribution is -2.25. The number of hydrogen-bond acceptors (Lipinski definition) is 7. The number of rotatable bonds is 7. The van der Waals surface area contributed by atoms with Crippen molar-refractivity contribution in [2.75, 3.05) is 18.5 Å². The number of nitriles is 1. The molecule has 34 heavy (non-hydrogen) atoms. The minimum absolute atomic E-state index is 0.0703. The molecule has 3 N–H and O–H groups in total. The van der Waals surface area contributed by atoms with Crippen LogP contribution in [-0.2, 0) is 19.1 Å². The van der Waals surface area contributed by atoms with Crippen molar-refractivity contribution in [3.8, 4) is 11.8 Å². The number of amides is 1. The Bertz CT molecular complexity index is 1230. The zero-order valence-corrected chi connectivity index (χ0v) is 19.9. The Morgan fingerprint density at radius 1 is 1.24 bits per heavy atom. The van der Waals surface area contributed by atoms with E-state index in [9.17, 15) is 14.9 Å². The summed E-state index contributed by atoms with van der Waals surface area (Å²) < 4.78 is 16.2. The second-order valence-electron chi connectivity index (χ2n) is 7.15. The lowest BCUT2D eigenvalue weighted by molar-refractivity contribution is -0.139. The Hall–Kier alpha value is -3.67. The number of halogens is 2. The quantitative estimate of drug-likeness (QED) is 0.528. The maximum atomic E-state index is 12.6. The largest absolute Gasteiger partial charge is 0.484 e. The lowest BCUT2D eigenvalue weighted by Gasteiger charge is -2.27. The molecular weight excluding hydrogens is 481 g/mol. The van der Waals surface area contributed by atoms with E-state index >= 15 is 0 Å². The standard InChI is InChI=1S/C24H21Cl2N3O5/c1-3-32-24(31)21-13(2)34-23(28)17(11-27)22(21)14-5-4-6-16(9-14)33-12-20(30)29-19-8-7-15(25)10-18(19)26/h4-10,22H,3,12,28H2,1-2H3,(H,29,30). The van der Waals surface area contributed by atoms with E-state index in [0.29, 0.717) is 27.0 Å². The van der Waals surface area contributed by atoms with Gasteiger partial charge in [0.2, 0.25) is 5.88 Å².